The van der Waals surface area contributed by atoms with E-state index in [-0.39, 0.29) is 10.8 Å². The van der Waals surface area contributed by atoms with Gasteiger partial charge in [-0.05, 0) is 68.8 Å². The summed E-state index contributed by atoms with van der Waals surface area (Å²) in [4.78, 5) is 14.9. The summed E-state index contributed by atoms with van der Waals surface area (Å²) in [6, 6.07) is 6.24. The third kappa shape index (κ3) is 3.20. The average molecular weight is 363 g/mol. The van der Waals surface area contributed by atoms with Gasteiger partial charge in [-0.15, -0.1) is 0 Å². The molecule has 0 spiro atoms. The number of carbonyl (C=O) groups excluding carboxylic acids is 1. The highest BCUT2D eigenvalue weighted by Crippen LogP contribution is 2.35. The Morgan fingerprint density at radius 1 is 1.28 bits per heavy atom. The van der Waals surface area contributed by atoms with Gasteiger partial charge in [-0.2, -0.15) is 0 Å². The molecule has 3 aliphatic rings. The lowest BCUT2D eigenvalue weighted by Crippen LogP contribution is -2.40. The van der Waals surface area contributed by atoms with Crippen molar-refractivity contribution >= 4 is 21.6 Å². The third-order valence-corrected chi connectivity index (χ3v) is 7.27. The van der Waals surface area contributed by atoms with E-state index in [1.807, 2.05) is 4.90 Å². The minimum Gasteiger partial charge on any atom is -0.312 e. The predicted octanol–water partition coefficient (Wildman–Crippen LogP) is 1.40. The van der Waals surface area contributed by atoms with Crippen LogP contribution in [0, 0.1) is 5.92 Å². The van der Waals surface area contributed by atoms with Crippen LogP contribution in [0.5, 0.6) is 0 Å². The Hall–Kier alpha value is -1.44. The summed E-state index contributed by atoms with van der Waals surface area (Å²) < 4.78 is 26.2. The topological polar surface area (TPSA) is 78.5 Å². The third-order valence-electron chi connectivity index (χ3n) is 5.86. The average Bonchev–Trinajstić information content (AvgIpc) is 3.17. The first-order valence-electron chi connectivity index (χ1n) is 9.09. The Kier molecular flexibility index (Phi) is 4.33. The number of anilines is 1. The summed E-state index contributed by atoms with van der Waals surface area (Å²) in [5.74, 6) is 0.647. The van der Waals surface area contributed by atoms with Crippen molar-refractivity contribution in [2.75, 3.05) is 18.5 Å². The molecule has 3 heterocycles. The maximum atomic E-state index is 12.8. The van der Waals surface area contributed by atoms with Crippen LogP contribution in [0.4, 0.5) is 5.69 Å². The Balaban J connectivity index is 1.47. The molecule has 2 saturated heterocycles. The van der Waals surface area contributed by atoms with Gasteiger partial charge in [0.05, 0.1) is 4.90 Å². The number of benzene rings is 1. The molecule has 136 valence electrons. The van der Waals surface area contributed by atoms with Gasteiger partial charge in [-0.1, -0.05) is 0 Å². The van der Waals surface area contributed by atoms with Crippen LogP contribution < -0.4 is 14.9 Å². The van der Waals surface area contributed by atoms with Crippen molar-refractivity contribution in [2.45, 2.75) is 55.5 Å². The van der Waals surface area contributed by atoms with E-state index in [1.54, 1.807) is 18.2 Å². The summed E-state index contributed by atoms with van der Waals surface area (Å²) in [6.45, 7) is 0.648. The molecule has 1 amide bonds. The fourth-order valence-corrected chi connectivity index (χ4v) is 5.40. The highest BCUT2D eigenvalue weighted by atomic mass is 32.2. The van der Waals surface area contributed by atoms with Crippen molar-refractivity contribution in [3.05, 3.63) is 23.8 Å². The lowest BCUT2D eigenvalue weighted by molar-refractivity contribution is -0.119. The lowest BCUT2D eigenvalue weighted by Gasteiger charge is -2.30. The van der Waals surface area contributed by atoms with Crippen molar-refractivity contribution in [3.63, 3.8) is 0 Å². The van der Waals surface area contributed by atoms with Gasteiger partial charge >= 0.3 is 0 Å². The van der Waals surface area contributed by atoms with E-state index in [0.717, 1.165) is 24.1 Å². The fourth-order valence-electron chi connectivity index (χ4n) is 4.62. The van der Waals surface area contributed by atoms with E-state index in [4.69, 9.17) is 0 Å². The zero-order valence-electron chi connectivity index (χ0n) is 14.5. The van der Waals surface area contributed by atoms with Crippen molar-refractivity contribution in [3.8, 4) is 0 Å². The minimum atomic E-state index is -3.45. The number of hydrogen-bond donors (Lipinski definition) is 2. The molecule has 2 atom stereocenters. The quantitative estimate of drug-likeness (QED) is 0.848. The molecular weight excluding hydrogens is 338 g/mol. The Bertz CT molecular complexity index is 781. The molecule has 0 aromatic heterocycles. The molecule has 6 nitrogen and oxygen atoms in total. The first kappa shape index (κ1) is 17.0. The molecule has 0 aliphatic carbocycles. The van der Waals surface area contributed by atoms with Crippen LogP contribution >= 0.6 is 0 Å². The van der Waals surface area contributed by atoms with Gasteiger partial charge in [-0.25, -0.2) is 13.1 Å². The molecule has 3 aliphatic heterocycles. The van der Waals surface area contributed by atoms with E-state index >= 15 is 0 Å². The van der Waals surface area contributed by atoms with Gasteiger partial charge in [0, 0.05) is 30.7 Å². The SMILES string of the molecule is CNS(=O)(=O)c1ccc2c(c1)CCN2C(=O)CC1CC2CCC(C1)N2. The van der Waals surface area contributed by atoms with Crippen molar-refractivity contribution in [2.24, 2.45) is 5.92 Å². The molecule has 0 radical (unpaired) electrons. The molecule has 2 bridgehead atoms. The molecule has 1 aromatic rings. The Morgan fingerprint density at radius 2 is 2.00 bits per heavy atom. The maximum absolute atomic E-state index is 12.8. The first-order valence-corrected chi connectivity index (χ1v) is 10.6. The van der Waals surface area contributed by atoms with Gasteiger partial charge in [-0.3, -0.25) is 4.79 Å². The summed E-state index contributed by atoms with van der Waals surface area (Å²) in [6.07, 6.45) is 6.00. The number of hydrogen-bond acceptors (Lipinski definition) is 4. The van der Waals surface area contributed by atoms with Crippen LogP contribution in [0.15, 0.2) is 23.1 Å². The summed E-state index contributed by atoms with van der Waals surface area (Å²) in [7, 11) is -2.04. The van der Waals surface area contributed by atoms with Gasteiger partial charge in [0.15, 0.2) is 0 Å². The highest BCUT2D eigenvalue weighted by Gasteiger charge is 2.35. The molecule has 1 aromatic carbocycles. The van der Waals surface area contributed by atoms with Crippen molar-refractivity contribution in [1.29, 1.82) is 0 Å². The highest BCUT2D eigenvalue weighted by molar-refractivity contribution is 7.89. The molecule has 2 unspecified atom stereocenters. The Morgan fingerprint density at radius 3 is 2.68 bits per heavy atom. The van der Waals surface area contributed by atoms with Gasteiger partial charge in [0.25, 0.3) is 0 Å². The number of sulfonamides is 1. The van der Waals surface area contributed by atoms with Gasteiger partial charge < -0.3 is 10.2 Å². The van der Waals surface area contributed by atoms with E-state index in [1.165, 1.54) is 19.9 Å². The van der Waals surface area contributed by atoms with E-state index < -0.39 is 10.0 Å². The second-order valence-electron chi connectivity index (χ2n) is 7.47. The summed E-state index contributed by atoms with van der Waals surface area (Å²) >= 11 is 0. The molecule has 2 N–H and O–H groups in total. The lowest BCUT2D eigenvalue weighted by atomic mass is 9.89. The van der Waals surface area contributed by atoms with Crippen LogP contribution in [0.25, 0.3) is 0 Å². The number of nitrogens with zero attached hydrogens (tertiary/aromatic N) is 1. The van der Waals surface area contributed by atoms with Crippen LogP contribution in [0.1, 0.15) is 37.7 Å². The first-order chi connectivity index (χ1) is 12.0. The van der Waals surface area contributed by atoms with E-state index in [9.17, 15) is 13.2 Å². The van der Waals surface area contributed by atoms with Crippen molar-refractivity contribution in [1.82, 2.24) is 10.0 Å². The van der Waals surface area contributed by atoms with E-state index in [2.05, 4.69) is 10.0 Å². The second-order valence-corrected chi connectivity index (χ2v) is 9.36. The molecule has 2 fully saturated rings. The largest absolute Gasteiger partial charge is 0.312 e. The van der Waals surface area contributed by atoms with Crippen LogP contribution in [-0.2, 0) is 21.2 Å². The van der Waals surface area contributed by atoms with Crippen LogP contribution in [0.3, 0.4) is 0 Å². The van der Waals surface area contributed by atoms with Crippen LogP contribution in [-0.4, -0.2) is 40.0 Å². The number of carbonyl (C=O) groups is 1. The summed E-state index contributed by atoms with van der Waals surface area (Å²) in [5.41, 5.74) is 1.81. The predicted molar refractivity (Wildman–Crippen MR) is 96.0 cm³/mol. The number of amides is 1. The zero-order chi connectivity index (χ0) is 17.6. The van der Waals surface area contributed by atoms with Crippen molar-refractivity contribution < 1.29 is 13.2 Å². The van der Waals surface area contributed by atoms with Gasteiger partial charge in [0.2, 0.25) is 15.9 Å². The number of piperidine rings is 1. The monoisotopic (exact) mass is 363 g/mol. The number of rotatable bonds is 4. The molecule has 4 rings (SSSR count). The van der Waals surface area contributed by atoms with Gasteiger partial charge in [0.1, 0.15) is 0 Å². The molecule has 0 saturated carbocycles. The Labute approximate surface area is 149 Å². The molecular formula is C18H25N3O3S. The minimum absolute atomic E-state index is 0.175. The zero-order valence-corrected chi connectivity index (χ0v) is 15.3. The second kappa shape index (κ2) is 6.37. The normalized spacial score (nSPS) is 28.2. The maximum Gasteiger partial charge on any atom is 0.240 e. The standard InChI is InChI=1S/C18H25N3O3S/c1-19-25(23,24)16-4-5-17-13(11-16)6-7-21(17)18(22)10-12-8-14-2-3-15(9-12)20-14/h4-5,11-12,14-15,19-20H,2-3,6-10H2,1H3. The molecule has 25 heavy (non-hydrogen) atoms. The number of nitrogens with one attached hydrogen (secondary N) is 2. The van der Waals surface area contributed by atoms with E-state index in [0.29, 0.717) is 37.4 Å². The molecule has 7 heteroatoms. The van der Waals surface area contributed by atoms with Crippen LogP contribution in [0.2, 0.25) is 0 Å². The fraction of sp³-hybridized carbons (Fsp3) is 0.611. The number of fused-ring (bicyclic) bond motifs is 3. The smallest absolute Gasteiger partial charge is 0.240 e. The summed E-state index contributed by atoms with van der Waals surface area (Å²) in [5, 5.41) is 3.62.